The number of hydrogen-bond donors (Lipinski definition) is 1. The highest BCUT2D eigenvalue weighted by atomic mass is 35.5. The molecule has 70 valence electrons. The summed E-state index contributed by atoms with van der Waals surface area (Å²) in [5.41, 5.74) is 0.612. The second kappa shape index (κ2) is 3.56. The molecule has 0 amide bonds. The Labute approximate surface area is 85.1 Å². The Hall–Kier alpha value is -1.73. The largest absolute Gasteiger partial charge is 0.461 e. The van der Waals surface area contributed by atoms with E-state index in [-0.39, 0.29) is 6.42 Å². The minimum atomic E-state index is 0.215. The first-order chi connectivity index (χ1) is 6.81. The monoisotopic (exact) mass is 207 g/mol. The van der Waals surface area contributed by atoms with Gasteiger partial charge in [0.15, 0.2) is 16.7 Å². The summed E-state index contributed by atoms with van der Waals surface area (Å²) in [5, 5.41) is 8.82. The van der Waals surface area contributed by atoms with Crippen LogP contribution in [0.15, 0.2) is 22.8 Å². The number of hydrogen-bond acceptors (Lipinski definition) is 3. The van der Waals surface area contributed by atoms with Crippen molar-refractivity contribution >= 4 is 11.6 Å². The van der Waals surface area contributed by atoms with E-state index >= 15 is 0 Å². The standard InChI is InChI=1S/C9H6ClN3O/c10-8-6(3-4-11)12-9(13-8)7-2-1-5-14-7/h1-2,5H,3H2,(H,12,13). The van der Waals surface area contributed by atoms with Gasteiger partial charge in [-0.15, -0.1) is 0 Å². The molecule has 0 spiro atoms. The minimum absolute atomic E-state index is 0.215. The third-order valence-electron chi connectivity index (χ3n) is 1.74. The van der Waals surface area contributed by atoms with Gasteiger partial charge in [0.2, 0.25) is 0 Å². The summed E-state index contributed by atoms with van der Waals surface area (Å²) in [6.45, 7) is 0. The van der Waals surface area contributed by atoms with Gasteiger partial charge in [-0.2, -0.15) is 5.26 Å². The van der Waals surface area contributed by atoms with E-state index < -0.39 is 0 Å². The maximum Gasteiger partial charge on any atom is 0.175 e. The van der Waals surface area contributed by atoms with Gasteiger partial charge < -0.3 is 9.40 Å². The topological polar surface area (TPSA) is 65.6 Å². The lowest BCUT2D eigenvalue weighted by atomic mass is 10.4. The molecule has 0 atom stereocenters. The lowest BCUT2D eigenvalue weighted by Gasteiger charge is -1.87. The molecule has 2 aromatic heterocycles. The van der Waals surface area contributed by atoms with E-state index in [1.54, 1.807) is 18.4 Å². The molecule has 0 aromatic carbocycles. The molecule has 0 aliphatic heterocycles. The first-order valence-corrected chi connectivity index (χ1v) is 4.34. The number of furan rings is 1. The first-order valence-electron chi connectivity index (χ1n) is 3.96. The Morgan fingerprint density at radius 2 is 2.50 bits per heavy atom. The molecule has 4 nitrogen and oxygen atoms in total. The summed E-state index contributed by atoms with van der Waals surface area (Å²) in [4.78, 5) is 6.96. The number of imidazole rings is 1. The molecule has 0 aliphatic carbocycles. The van der Waals surface area contributed by atoms with E-state index in [0.717, 1.165) is 0 Å². The number of nitrogens with zero attached hydrogens (tertiary/aromatic N) is 2. The lowest BCUT2D eigenvalue weighted by molar-refractivity contribution is 0.578. The van der Waals surface area contributed by atoms with Crippen molar-refractivity contribution in [3.05, 3.63) is 29.2 Å². The quantitative estimate of drug-likeness (QED) is 0.822. The summed E-state index contributed by atoms with van der Waals surface area (Å²) in [7, 11) is 0. The first kappa shape index (κ1) is 8.85. The molecule has 2 rings (SSSR count). The van der Waals surface area contributed by atoms with Crippen molar-refractivity contribution in [2.75, 3.05) is 0 Å². The zero-order valence-corrected chi connectivity index (χ0v) is 7.88. The molecule has 0 unspecified atom stereocenters. The van der Waals surface area contributed by atoms with E-state index in [9.17, 15) is 0 Å². The van der Waals surface area contributed by atoms with Crippen LogP contribution in [-0.4, -0.2) is 9.97 Å². The molecular weight excluding hydrogens is 202 g/mol. The van der Waals surface area contributed by atoms with Gasteiger partial charge in [-0.3, -0.25) is 0 Å². The fourth-order valence-electron chi connectivity index (χ4n) is 1.11. The molecule has 0 saturated heterocycles. The summed E-state index contributed by atoms with van der Waals surface area (Å²) in [6, 6.07) is 5.53. The summed E-state index contributed by atoms with van der Waals surface area (Å²) in [6.07, 6.45) is 1.77. The molecule has 2 aromatic rings. The molecule has 2 heterocycles. The summed E-state index contributed by atoms with van der Waals surface area (Å²) in [5.74, 6) is 1.15. The summed E-state index contributed by atoms with van der Waals surface area (Å²) >= 11 is 5.81. The van der Waals surface area contributed by atoms with Crippen molar-refractivity contribution in [2.24, 2.45) is 0 Å². The van der Waals surface area contributed by atoms with Crippen LogP contribution < -0.4 is 0 Å². The number of aromatic amines is 1. The Bertz CT molecular complexity index is 467. The van der Waals surface area contributed by atoms with Crippen LogP contribution in [0.5, 0.6) is 0 Å². The van der Waals surface area contributed by atoms with Crippen LogP contribution in [0.1, 0.15) is 5.69 Å². The van der Waals surface area contributed by atoms with E-state index in [2.05, 4.69) is 9.97 Å². The van der Waals surface area contributed by atoms with E-state index in [1.165, 1.54) is 0 Å². The average Bonchev–Trinajstić information content (AvgIpc) is 2.76. The predicted octanol–water partition coefficient (Wildman–Crippen LogP) is 2.39. The second-order valence-corrected chi connectivity index (χ2v) is 3.02. The fourth-order valence-corrected chi connectivity index (χ4v) is 1.31. The zero-order chi connectivity index (χ0) is 9.97. The van der Waals surface area contributed by atoms with Crippen LogP contribution in [0.3, 0.4) is 0 Å². The number of halogens is 1. The Kier molecular flexibility index (Phi) is 2.25. The van der Waals surface area contributed by atoms with E-state index in [4.69, 9.17) is 21.3 Å². The molecule has 14 heavy (non-hydrogen) atoms. The fraction of sp³-hybridized carbons (Fsp3) is 0.111. The van der Waals surface area contributed by atoms with Crippen molar-refractivity contribution in [3.63, 3.8) is 0 Å². The van der Waals surface area contributed by atoms with Crippen LogP contribution in [0.4, 0.5) is 0 Å². The van der Waals surface area contributed by atoms with Crippen LogP contribution in [0.2, 0.25) is 5.15 Å². The number of H-pyrrole nitrogens is 1. The smallest absolute Gasteiger partial charge is 0.175 e. The summed E-state index contributed by atoms with van der Waals surface area (Å²) < 4.78 is 5.13. The van der Waals surface area contributed by atoms with Crippen molar-refractivity contribution in [1.82, 2.24) is 9.97 Å². The van der Waals surface area contributed by atoms with Gasteiger partial charge in [0.25, 0.3) is 0 Å². The Balaban J connectivity index is 2.39. The lowest BCUT2D eigenvalue weighted by Crippen LogP contribution is -1.81. The van der Waals surface area contributed by atoms with Crippen molar-refractivity contribution in [1.29, 1.82) is 5.26 Å². The normalized spacial score (nSPS) is 10.0. The Morgan fingerprint density at radius 1 is 1.64 bits per heavy atom. The van der Waals surface area contributed by atoms with Crippen molar-refractivity contribution in [2.45, 2.75) is 6.42 Å². The van der Waals surface area contributed by atoms with Crippen LogP contribution in [0, 0.1) is 11.3 Å². The van der Waals surface area contributed by atoms with Crippen LogP contribution >= 0.6 is 11.6 Å². The van der Waals surface area contributed by atoms with Crippen molar-refractivity contribution < 1.29 is 4.42 Å². The van der Waals surface area contributed by atoms with Gasteiger partial charge in [-0.05, 0) is 12.1 Å². The van der Waals surface area contributed by atoms with Gasteiger partial charge in [-0.25, -0.2) is 4.98 Å². The number of nitriles is 1. The molecule has 0 radical (unpaired) electrons. The third-order valence-corrected chi connectivity index (χ3v) is 2.05. The van der Waals surface area contributed by atoms with E-state index in [1.807, 2.05) is 6.07 Å². The zero-order valence-electron chi connectivity index (χ0n) is 7.12. The van der Waals surface area contributed by atoms with Gasteiger partial charge in [0, 0.05) is 0 Å². The van der Waals surface area contributed by atoms with E-state index in [0.29, 0.717) is 22.4 Å². The Morgan fingerprint density at radius 3 is 3.14 bits per heavy atom. The predicted molar refractivity (Wildman–Crippen MR) is 50.6 cm³/mol. The highest BCUT2D eigenvalue weighted by Gasteiger charge is 2.10. The molecule has 0 saturated carbocycles. The highest BCUT2D eigenvalue weighted by Crippen LogP contribution is 2.21. The third kappa shape index (κ3) is 1.50. The molecule has 0 aliphatic rings. The minimum Gasteiger partial charge on any atom is -0.461 e. The maximum absolute atomic E-state index is 8.50. The number of rotatable bonds is 2. The number of aromatic nitrogens is 2. The second-order valence-electron chi connectivity index (χ2n) is 2.67. The van der Waals surface area contributed by atoms with Gasteiger partial charge in [0.1, 0.15) is 0 Å². The molecule has 0 fully saturated rings. The SMILES string of the molecule is N#CCc1[nH]c(-c2ccco2)nc1Cl. The van der Waals surface area contributed by atoms with Crippen LogP contribution in [-0.2, 0) is 6.42 Å². The number of nitrogens with one attached hydrogen (secondary N) is 1. The maximum atomic E-state index is 8.50. The van der Waals surface area contributed by atoms with Gasteiger partial charge in [0.05, 0.1) is 24.4 Å². The molecule has 5 heteroatoms. The molecule has 0 bridgehead atoms. The highest BCUT2D eigenvalue weighted by molar-refractivity contribution is 6.30. The molecular formula is C9H6ClN3O. The average molecular weight is 208 g/mol. The van der Waals surface area contributed by atoms with Gasteiger partial charge >= 0.3 is 0 Å². The molecule has 1 N–H and O–H groups in total. The van der Waals surface area contributed by atoms with Gasteiger partial charge in [-0.1, -0.05) is 11.6 Å². The van der Waals surface area contributed by atoms with Crippen LogP contribution in [0.25, 0.3) is 11.6 Å². The van der Waals surface area contributed by atoms with Crippen molar-refractivity contribution in [3.8, 4) is 17.7 Å².